The van der Waals surface area contributed by atoms with E-state index in [1.807, 2.05) is 12.1 Å². The summed E-state index contributed by atoms with van der Waals surface area (Å²) in [6.45, 7) is 2.09. The molecular weight excluding hydrogens is 292 g/mol. The molecule has 0 aliphatic heterocycles. The first-order valence-corrected chi connectivity index (χ1v) is 6.69. The van der Waals surface area contributed by atoms with Crippen molar-refractivity contribution in [1.82, 2.24) is 9.38 Å². The summed E-state index contributed by atoms with van der Waals surface area (Å²) in [5.74, 6) is 2.04. The molecule has 0 atom stereocenters. The summed E-state index contributed by atoms with van der Waals surface area (Å²) < 4.78 is 8.37. The van der Waals surface area contributed by atoms with Gasteiger partial charge in [0, 0.05) is 19.0 Å². The normalized spacial score (nSPS) is 11.2. The average Bonchev–Trinajstić information content (AvgIpc) is 2.96. The summed E-state index contributed by atoms with van der Waals surface area (Å²) in [4.78, 5) is 4.57. The Balaban J connectivity index is 1.92. The molecule has 0 amide bonds. The lowest BCUT2D eigenvalue weighted by Crippen LogP contribution is -1.97. The van der Waals surface area contributed by atoms with Crippen molar-refractivity contribution < 1.29 is 4.42 Å². The summed E-state index contributed by atoms with van der Waals surface area (Å²) in [5.41, 5.74) is 2.35. The summed E-state index contributed by atoms with van der Waals surface area (Å²) in [6, 6.07) is 8.14. The number of rotatable bonds is 3. The lowest BCUT2D eigenvalue weighted by Gasteiger charge is -2.00. The van der Waals surface area contributed by atoms with Crippen molar-refractivity contribution in [2.45, 2.75) is 19.8 Å². The molecule has 0 radical (unpaired) electrons. The molecule has 0 aliphatic rings. The smallest absolute Gasteiger partial charge is 0.132 e. The van der Waals surface area contributed by atoms with Gasteiger partial charge in [-0.3, -0.25) is 0 Å². The van der Waals surface area contributed by atoms with Crippen molar-refractivity contribution in [3.63, 3.8) is 0 Å². The number of nitrogens with zero attached hydrogens (tertiary/aromatic N) is 2. The van der Waals surface area contributed by atoms with E-state index in [4.69, 9.17) is 4.42 Å². The van der Waals surface area contributed by atoms with Gasteiger partial charge in [0.1, 0.15) is 16.2 Å². The molecule has 4 heteroatoms. The topological polar surface area (TPSA) is 30.4 Å². The highest BCUT2D eigenvalue weighted by atomic mass is 79.9. The Morgan fingerprint density at radius 2 is 2.22 bits per heavy atom. The number of aryl methyl sites for hydroxylation is 3. The number of pyridine rings is 1. The van der Waals surface area contributed by atoms with Gasteiger partial charge in [-0.2, -0.15) is 0 Å². The van der Waals surface area contributed by atoms with E-state index in [2.05, 4.69) is 50.6 Å². The second-order valence-electron chi connectivity index (χ2n) is 4.36. The summed E-state index contributed by atoms with van der Waals surface area (Å²) in [6.07, 6.45) is 5.51. The third-order valence-electron chi connectivity index (χ3n) is 3.00. The molecule has 0 aromatic carbocycles. The van der Waals surface area contributed by atoms with Crippen LogP contribution in [0.4, 0.5) is 0 Å². The Hall–Kier alpha value is -1.55. The van der Waals surface area contributed by atoms with Crippen LogP contribution < -0.4 is 0 Å². The van der Waals surface area contributed by atoms with E-state index in [0.29, 0.717) is 0 Å². The maximum absolute atomic E-state index is 5.34. The maximum Gasteiger partial charge on any atom is 0.132 e. The van der Waals surface area contributed by atoms with E-state index < -0.39 is 0 Å². The van der Waals surface area contributed by atoms with Gasteiger partial charge in [0.2, 0.25) is 0 Å². The van der Waals surface area contributed by atoms with Crippen LogP contribution in [-0.4, -0.2) is 9.38 Å². The Morgan fingerprint density at radius 1 is 1.33 bits per heavy atom. The van der Waals surface area contributed by atoms with E-state index in [-0.39, 0.29) is 0 Å². The van der Waals surface area contributed by atoms with Crippen LogP contribution in [-0.2, 0) is 12.8 Å². The molecule has 0 aliphatic carbocycles. The number of halogens is 1. The lowest BCUT2D eigenvalue weighted by atomic mass is 10.2. The first-order valence-electron chi connectivity index (χ1n) is 5.89. The van der Waals surface area contributed by atoms with Gasteiger partial charge < -0.3 is 8.82 Å². The van der Waals surface area contributed by atoms with Crippen LogP contribution in [0.3, 0.4) is 0 Å². The second-order valence-corrected chi connectivity index (χ2v) is 5.11. The van der Waals surface area contributed by atoms with Gasteiger partial charge in [-0.05, 0) is 52.7 Å². The van der Waals surface area contributed by atoms with E-state index in [1.54, 1.807) is 6.26 Å². The van der Waals surface area contributed by atoms with Gasteiger partial charge in [0.05, 0.1) is 11.8 Å². The minimum Gasteiger partial charge on any atom is -0.469 e. The fraction of sp³-hybridized carbons (Fsp3) is 0.214. The molecule has 0 N–H and O–H groups in total. The van der Waals surface area contributed by atoms with Gasteiger partial charge in [-0.1, -0.05) is 0 Å². The monoisotopic (exact) mass is 304 g/mol. The Kier molecular flexibility index (Phi) is 2.96. The number of hydrogen-bond donors (Lipinski definition) is 0. The number of furan rings is 1. The quantitative estimate of drug-likeness (QED) is 0.737. The SMILES string of the molecule is Cc1ccn2c(CCc3ccco3)nc(Br)c2c1. The third-order valence-corrected chi connectivity index (χ3v) is 3.59. The zero-order valence-corrected chi connectivity index (χ0v) is 11.6. The third kappa shape index (κ3) is 2.08. The van der Waals surface area contributed by atoms with E-state index >= 15 is 0 Å². The molecule has 3 aromatic heterocycles. The highest BCUT2D eigenvalue weighted by Crippen LogP contribution is 2.21. The molecule has 3 heterocycles. The predicted molar refractivity (Wildman–Crippen MR) is 73.7 cm³/mol. The lowest BCUT2D eigenvalue weighted by molar-refractivity contribution is 0.506. The average molecular weight is 305 g/mol. The first-order chi connectivity index (χ1) is 8.74. The van der Waals surface area contributed by atoms with Crippen LogP contribution in [0.1, 0.15) is 17.1 Å². The molecule has 3 rings (SSSR count). The molecule has 0 unspecified atom stereocenters. The van der Waals surface area contributed by atoms with Gasteiger partial charge >= 0.3 is 0 Å². The van der Waals surface area contributed by atoms with Crippen molar-refractivity contribution in [1.29, 1.82) is 0 Å². The molecule has 92 valence electrons. The zero-order chi connectivity index (χ0) is 12.5. The van der Waals surface area contributed by atoms with Crippen molar-refractivity contribution in [2.24, 2.45) is 0 Å². The minimum absolute atomic E-state index is 0.864. The van der Waals surface area contributed by atoms with Crippen molar-refractivity contribution >= 4 is 21.4 Å². The van der Waals surface area contributed by atoms with E-state index in [1.165, 1.54) is 5.56 Å². The van der Waals surface area contributed by atoms with Crippen LogP contribution in [0.2, 0.25) is 0 Å². The molecule has 18 heavy (non-hydrogen) atoms. The van der Waals surface area contributed by atoms with Crippen LogP contribution >= 0.6 is 15.9 Å². The van der Waals surface area contributed by atoms with E-state index in [9.17, 15) is 0 Å². The molecule has 3 nitrogen and oxygen atoms in total. The maximum atomic E-state index is 5.34. The van der Waals surface area contributed by atoms with Gasteiger partial charge in [-0.15, -0.1) is 0 Å². The van der Waals surface area contributed by atoms with Crippen molar-refractivity contribution in [2.75, 3.05) is 0 Å². The molecule has 0 saturated heterocycles. The Labute approximate surface area is 114 Å². The summed E-state index contributed by atoms with van der Waals surface area (Å²) in [7, 11) is 0. The Bertz CT molecular complexity index is 670. The second kappa shape index (κ2) is 4.61. The standard InChI is InChI=1S/C14H13BrN2O/c1-10-6-7-17-12(9-10)14(15)16-13(17)5-4-11-3-2-8-18-11/h2-3,6-9H,4-5H2,1H3. The highest BCUT2D eigenvalue weighted by molar-refractivity contribution is 9.10. The van der Waals surface area contributed by atoms with Gasteiger partial charge in [0.25, 0.3) is 0 Å². The zero-order valence-electron chi connectivity index (χ0n) is 10.1. The van der Waals surface area contributed by atoms with Crippen molar-refractivity contribution in [3.05, 3.63) is 58.5 Å². The Morgan fingerprint density at radius 3 is 3.00 bits per heavy atom. The molecule has 0 spiro atoms. The minimum atomic E-state index is 0.864. The molecular formula is C14H13BrN2O. The molecule has 0 bridgehead atoms. The van der Waals surface area contributed by atoms with Crippen LogP contribution in [0.5, 0.6) is 0 Å². The van der Waals surface area contributed by atoms with Gasteiger partial charge in [0.15, 0.2) is 0 Å². The first kappa shape index (κ1) is 11.5. The highest BCUT2D eigenvalue weighted by Gasteiger charge is 2.09. The summed E-state index contributed by atoms with van der Waals surface area (Å²) >= 11 is 3.52. The van der Waals surface area contributed by atoms with Gasteiger partial charge in [-0.25, -0.2) is 4.98 Å². The van der Waals surface area contributed by atoms with Crippen LogP contribution in [0.25, 0.3) is 5.52 Å². The fourth-order valence-corrected chi connectivity index (χ4v) is 2.59. The number of hydrogen-bond acceptors (Lipinski definition) is 2. The molecule has 3 aromatic rings. The summed E-state index contributed by atoms with van der Waals surface area (Å²) in [5, 5.41) is 0. The van der Waals surface area contributed by atoms with Crippen LogP contribution in [0.15, 0.2) is 45.7 Å². The molecule has 0 fully saturated rings. The largest absolute Gasteiger partial charge is 0.469 e. The molecule has 0 saturated carbocycles. The number of aromatic nitrogens is 2. The van der Waals surface area contributed by atoms with Crippen molar-refractivity contribution in [3.8, 4) is 0 Å². The predicted octanol–water partition coefficient (Wildman–Crippen LogP) is 3.78. The van der Waals surface area contributed by atoms with E-state index in [0.717, 1.165) is 34.5 Å². The fourth-order valence-electron chi connectivity index (χ4n) is 2.08. The number of fused-ring (bicyclic) bond motifs is 1. The van der Waals surface area contributed by atoms with Crippen LogP contribution in [0, 0.1) is 6.92 Å². The number of imidazole rings is 1.